The first kappa shape index (κ1) is 20.0. The first-order chi connectivity index (χ1) is 13.3. The van der Waals surface area contributed by atoms with Crippen molar-refractivity contribution in [2.45, 2.75) is 11.2 Å². The summed E-state index contributed by atoms with van der Waals surface area (Å²) in [6.45, 7) is 0. The van der Waals surface area contributed by atoms with Gasteiger partial charge in [0.2, 0.25) is 11.6 Å². The monoisotopic (exact) mass is 429 g/mol. The summed E-state index contributed by atoms with van der Waals surface area (Å²) in [6.07, 6.45) is -4.69. The van der Waals surface area contributed by atoms with Crippen molar-refractivity contribution in [1.29, 1.82) is 0 Å². The van der Waals surface area contributed by atoms with Gasteiger partial charge in [0.15, 0.2) is 5.95 Å². The molecule has 3 rings (SSSR count). The number of nitrogens with zero attached hydrogens (tertiary/aromatic N) is 2. The lowest BCUT2D eigenvalue weighted by Gasteiger charge is -2.13. The number of rotatable bonds is 5. The van der Waals surface area contributed by atoms with E-state index in [1.54, 1.807) is 30.3 Å². The fourth-order valence-corrected chi connectivity index (χ4v) is 3.20. The van der Waals surface area contributed by atoms with Gasteiger partial charge < -0.3 is 14.9 Å². The van der Waals surface area contributed by atoms with E-state index in [0.717, 1.165) is 23.9 Å². The molecule has 2 aromatic carbocycles. The molecule has 0 fully saturated rings. The molecule has 1 heterocycles. The van der Waals surface area contributed by atoms with Crippen LogP contribution in [0.25, 0.3) is 5.69 Å². The summed E-state index contributed by atoms with van der Waals surface area (Å²) in [4.78, 5) is 12.1. The van der Waals surface area contributed by atoms with E-state index in [2.05, 4.69) is 15.1 Å². The van der Waals surface area contributed by atoms with Gasteiger partial charge in [-0.2, -0.15) is 13.2 Å². The Bertz CT molecular complexity index is 996. The van der Waals surface area contributed by atoms with Crippen molar-refractivity contribution in [1.82, 2.24) is 5.27 Å². The molecule has 0 unspecified atom stereocenters. The number of carbonyl (C=O) groups excluding carboxylic acids is 1. The first-order valence-electron chi connectivity index (χ1n) is 7.69. The molecule has 0 radical (unpaired) electrons. The maximum Gasteiger partial charge on any atom is 0.418 e. The summed E-state index contributed by atoms with van der Waals surface area (Å²) >= 11 is 6.40. The highest BCUT2D eigenvalue weighted by atomic mass is 35.5. The quantitative estimate of drug-likeness (QED) is 0.496. The van der Waals surface area contributed by atoms with Crippen LogP contribution in [0.1, 0.15) is 5.56 Å². The van der Waals surface area contributed by atoms with E-state index in [9.17, 15) is 23.1 Å². The molecule has 1 aromatic heterocycles. The number of para-hydroxylation sites is 1. The third-order valence-corrected chi connectivity index (χ3v) is 4.73. The van der Waals surface area contributed by atoms with Crippen LogP contribution in [0.15, 0.2) is 58.1 Å². The third kappa shape index (κ3) is 4.57. The highest BCUT2D eigenvalue weighted by Gasteiger charge is 2.34. The molecule has 11 heteroatoms. The number of alkyl halides is 3. The topological polar surface area (TPSA) is 82.1 Å². The summed E-state index contributed by atoms with van der Waals surface area (Å²) in [7, 11) is 0. The van der Waals surface area contributed by atoms with E-state index >= 15 is 0 Å². The maximum atomic E-state index is 13.1. The molecule has 3 aromatic rings. The second-order valence-electron chi connectivity index (χ2n) is 5.44. The Labute approximate surface area is 165 Å². The lowest BCUT2D eigenvalue weighted by atomic mass is 10.1. The van der Waals surface area contributed by atoms with Gasteiger partial charge >= 0.3 is 6.18 Å². The zero-order chi connectivity index (χ0) is 20.3. The predicted molar refractivity (Wildman–Crippen MR) is 93.3 cm³/mol. The number of nitrogens with one attached hydrogen (secondary N) is 1. The van der Waals surface area contributed by atoms with Crippen LogP contribution in [0.5, 0.6) is 5.95 Å². The zero-order valence-corrected chi connectivity index (χ0v) is 15.4. The second-order valence-corrected chi connectivity index (χ2v) is 6.84. The summed E-state index contributed by atoms with van der Waals surface area (Å²) in [5, 5.41) is 17.6. The average Bonchev–Trinajstić information content (AvgIpc) is 3.02. The van der Waals surface area contributed by atoms with Gasteiger partial charge in [0.1, 0.15) is 0 Å². The van der Waals surface area contributed by atoms with Crippen molar-refractivity contribution in [2.24, 2.45) is 0 Å². The largest absolute Gasteiger partial charge is 0.538 e. The predicted octanol–water partition coefficient (Wildman–Crippen LogP) is 3.43. The number of amides is 1. The lowest BCUT2D eigenvalue weighted by Crippen LogP contribution is -2.35. The van der Waals surface area contributed by atoms with Gasteiger partial charge in [-0.3, -0.25) is 4.79 Å². The Morgan fingerprint density at radius 1 is 1.25 bits per heavy atom. The Balaban J connectivity index is 1.74. The summed E-state index contributed by atoms with van der Waals surface area (Å²) in [5.41, 5.74) is -0.952. The number of halogens is 4. The summed E-state index contributed by atoms with van der Waals surface area (Å²) in [6, 6.07) is 11.6. The minimum absolute atomic E-state index is 0.0218. The molecule has 0 aliphatic rings. The van der Waals surface area contributed by atoms with Crippen molar-refractivity contribution < 1.29 is 32.3 Å². The lowest BCUT2D eigenvalue weighted by molar-refractivity contribution is -0.705. The van der Waals surface area contributed by atoms with Gasteiger partial charge in [0.05, 0.1) is 22.3 Å². The smallest absolute Gasteiger partial charge is 0.418 e. The van der Waals surface area contributed by atoms with Crippen molar-refractivity contribution >= 4 is 35.0 Å². The van der Waals surface area contributed by atoms with Crippen molar-refractivity contribution in [3.8, 4) is 11.6 Å². The zero-order valence-electron chi connectivity index (χ0n) is 13.9. The van der Waals surface area contributed by atoms with Crippen LogP contribution in [0, 0.1) is 0 Å². The molecule has 0 aliphatic carbocycles. The SMILES string of the molecule is O=C(CSc1c([O-])on[n+]1-c1ccccc1)Nc1ccc(Cl)cc1C(F)(F)F. The second kappa shape index (κ2) is 8.11. The Morgan fingerprint density at radius 2 is 1.96 bits per heavy atom. The number of carbonyl (C=O) groups is 1. The van der Waals surface area contributed by atoms with Gasteiger partial charge in [-0.1, -0.05) is 29.8 Å². The van der Waals surface area contributed by atoms with Crippen LogP contribution in [-0.2, 0) is 11.0 Å². The average molecular weight is 430 g/mol. The molecular formula is C17H11ClF3N3O3S. The normalized spacial score (nSPS) is 11.4. The third-order valence-electron chi connectivity index (χ3n) is 3.47. The Morgan fingerprint density at radius 3 is 2.64 bits per heavy atom. The molecule has 0 saturated heterocycles. The van der Waals surface area contributed by atoms with Gasteiger partial charge in [-0.05, 0) is 34.6 Å². The van der Waals surface area contributed by atoms with Crippen LogP contribution in [0.3, 0.4) is 0 Å². The molecule has 0 aliphatic heterocycles. The van der Waals surface area contributed by atoms with E-state index in [-0.39, 0.29) is 15.8 Å². The molecular weight excluding hydrogens is 419 g/mol. The van der Waals surface area contributed by atoms with Gasteiger partial charge in [0.25, 0.3) is 5.03 Å². The number of thioether (sulfide) groups is 1. The van der Waals surface area contributed by atoms with E-state index < -0.39 is 29.3 Å². The number of benzene rings is 2. The molecule has 28 heavy (non-hydrogen) atoms. The number of hydrogen-bond acceptors (Lipinski definition) is 5. The summed E-state index contributed by atoms with van der Waals surface area (Å²) in [5.74, 6) is -1.83. The van der Waals surface area contributed by atoms with Gasteiger partial charge in [0, 0.05) is 17.2 Å². The number of anilines is 1. The molecule has 0 atom stereocenters. The van der Waals surface area contributed by atoms with Crippen LogP contribution < -0.4 is 15.1 Å². The summed E-state index contributed by atoms with van der Waals surface area (Å²) < 4.78 is 45.1. The van der Waals surface area contributed by atoms with E-state index in [4.69, 9.17) is 11.6 Å². The fraction of sp³-hybridized carbons (Fsp3) is 0.118. The molecule has 0 spiro atoms. The van der Waals surface area contributed by atoms with Gasteiger partial charge in [-0.15, -0.1) is 0 Å². The van der Waals surface area contributed by atoms with Crippen LogP contribution in [0.4, 0.5) is 18.9 Å². The van der Waals surface area contributed by atoms with Crippen molar-refractivity contribution in [2.75, 3.05) is 11.1 Å². The number of aromatic nitrogens is 2. The van der Waals surface area contributed by atoms with Crippen molar-refractivity contribution in [3.05, 3.63) is 59.1 Å². The molecule has 1 amide bonds. The van der Waals surface area contributed by atoms with Crippen LogP contribution in [0.2, 0.25) is 5.02 Å². The maximum absolute atomic E-state index is 13.1. The van der Waals surface area contributed by atoms with Crippen LogP contribution >= 0.6 is 23.4 Å². The molecule has 1 N–H and O–H groups in total. The van der Waals surface area contributed by atoms with E-state index in [1.807, 2.05) is 0 Å². The van der Waals surface area contributed by atoms with E-state index in [0.29, 0.717) is 5.69 Å². The minimum Gasteiger partial charge on any atom is -0.538 e. The first-order valence-corrected chi connectivity index (χ1v) is 9.06. The molecule has 6 nitrogen and oxygen atoms in total. The highest BCUT2D eigenvalue weighted by Crippen LogP contribution is 2.36. The fourth-order valence-electron chi connectivity index (χ4n) is 2.27. The molecule has 146 valence electrons. The van der Waals surface area contributed by atoms with Crippen molar-refractivity contribution in [3.63, 3.8) is 0 Å². The standard InChI is InChI=1S/C17H11ClF3N3O3S/c18-10-6-7-13(12(8-10)17(19,20)21)22-14(25)9-28-15-16(26)27-23-24(15)11-4-2-1-3-5-11/h1-8H,9H2,(H-,22,23,25,26). The van der Waals surface area contributed by atoms with Gasteiger partial charge in [-0.25, -0.2) is 0 Å². The molecule has 0 bridgehead atoms. The highest BCUT2D eigenvalue weighted by molar-refractivity contribution is 7.99. The molecule has 0 saturated carbocycles. The number of hydrogen-bond donors (Lipinski definition) is 1. The van der Waals surface area contributed by atoms with E-state index in [1.165, 1.54) is 10.7 Å². The minimum atomic E-state index is -4.69. The Kier molecular flexibility index (Phi) is 5.80. The van der Waals surface area contributed by atoms with Crippen LogP contribution in [-0.4, -0.2) is 16.9 Å². The Hall–Kier alpha value is -2.72.